The van der Waals surface area contributed by atoms with Crippen molar-refractivity contribution in [3.05, 3.63) is 29.7 Å². The van der Waals surface area contributed by atoms with E-state index in [1.807, 2.05) is 0 Å². The Morgan fingerprint density at radius 2 is 2.00 bits per heavy atom. The Bertz CT molecular complexity index is 1160. The first-order valence-electron chi connectivity index (χ1n) is 10.3. The standard InChI is InChI=1S/C21H22F5N5OS2/c1-10-14(11-4-5-28-13(6-11)18(2,3)21(24,25)26)34-16(29-10)30-17(32)31-9-19(8-20(19,22)23)7-12(31)15(27)33/h4-6,12H,7-9H2,1-3H3,(H2,27,33)(H,29,30,32)/t12?,19-/m0/s1. The first-order valence-corrected chi connectivity index (χ1v) is 11.6. The van der Waals surface area contributed by atoms with Crippen LogP contribution < -0.4 is 11.1 Å². The summed E-state index contributed by atoms with van der Waals surface area (Å²) in [6.45, 7) is 3.58. The maximum atomic E-state index is 13.9. The number of thiocarbonyl (C=S) groups is 1. The van der Waals surface area contributed by atoms with Crippen LogP contribution in [0, 0.1) is 12.3 Å². The number of carbonyl (C=O) groups is 1. The molecule has 0 bridgehead atoms. The van der Waals surface area contributed by atoms with Gasteiger partial charge < -0.3 is 10.6 Å². The van der Waals surface area contributed by atoms with Crippen molar-refractivity contribution >= 4 is 39.7 Å². The molecule has 2 atom stereocenters. The van der Waals surface area contributed by atoms with Gasteiger partial charge in [-0.3, -0.25) is 10.3 Å². The first-order chi connectivity index (χ1) is 15.6. The third kappa shape index (κ3) is 4.02. The molecular weight excluding hydrogens is 497 g/mol. The van der Waals surface area contributed by atoms with Crippen LogP contribution in [-0.2, 0) is 5.41 Å². The predicted octanol–water partition coefficient (Wildman–Crippen LogP) is 5.27. The topological polar surface area (TPSA) is 84.1 Å². The van der Waals surface area contributed by atoms with Crippen molar-refractivity contribution in [2.45, 2.75) is 57.2 Å². The number of likely N-dealkylation sites (tertiary alicyclic amines) is 1. The second-order valence-electron chi connectivity index (χ2n) is 9.33. The number of nitrogens with zero attached hydrogens (tertiary/aromatic N) is 3. The van der Waals surface area contributed by atoms with Crippen LogP contribution in [0.2, 0.25) is 0 Å². The summed E-state index contributed by atoms with van der Waals surface area (Å²) < 4.78 is 68.2. The van der Waals surface area contributed by atoms with Crippen LogP contribution in [-0.4, -0.2) is 50.6 Å². The molecule has 0 aromatic carbocycles. The molecule has 2 aliphatic rings. The van der Waals surface area contributed by atoms with E-state index in [0.29, 0.717) is 16.1 Å². The highest BCUT2D eigenvalue weighted by molar-refractivity contribution is 7.80. The van der Waals surface area contributed by atoms with E-state index in [2.05, 4.69) is 15.3 Å². The zero-order valence-electron chi connectivity index (χ0n) is 18.5. The lowest BCUT2D eigenvalue weighted by Gasteiger charge is -2.27. The van der Waals surface area contributed by atoms with Gasteiger partial charge in [-0.2, -0.15) is 13.2 Å². The van der Waals surface area contributed by atoms with Gasteiger partial charge in [0, 0.05) is 19.2 Å². The van der Waals surface area contributed by atoms with Crippen LogP contribution >= 0.6 is 23.6 Å². The van der Waals surface area contributed by atoms with E-state index in [4.69, 9.17) is 18.0 Å². The van der Waals surface area contributed by atoms with E-state index < -0.39 is 35.0 Å². The van der Waals surface area contributed by atoms with Crippen LogP contribution in [0.5, 0.6) is 0 Å². The van der Waals surface area contributed by atoms with E-state index in [1.54, 1.807) is 13.0 Å². The number of hydrogen-bond acceptors (Lipinski definition) is 5. The Morgan fingerprint density at radius 3 is 2.56 bits per heavy atom. The molecule has 2 fully saturated rings. The highest BCUT2D eigenvalue weighted by Crippen LogP contribution is 2.66. The average Bonchev–Trinajstić information content (AvgIpc) is 3.02. The maximum Gasteiger partial charge on any atom is 0.399 e. The van der Waals surface area contributed by atoms with E-state index in [1.165, 1.54) is 17.2 Å². The van der Waals surface area contributed by atoms with Crippen molar-refractivity contribution in [3.8, 4) is 10.4 Å². The Morgan fingerprint density at radius 1 is 1.35 bits per heavy atom. The molecule has 1 saturated heterocycles. The van der Waals surface area contributed by atoms with Gasteiger partial charge in [0.2, 0.25) is 0 Å². The number of nitrogens with one attached hydrogen (secondary N) is 1. The number of urea groups is 1. The molecule has 3 N–H and O–H groups in total. The molecule has 13 heteroatoms. The van der Waals surface area contributed by atoms with Gasteiger partial charge in [0.25, 0.3) is 5.92 Å². The number of aromatic nitrogens is 2. The van der Waals surface area contributed by atoms with Crippen LogP contribution in [0.1, 0.15) is 38.1 Å². The van der Waals surface area contributed by atoms with Gasteiger partial charge in [-0.1, -0.05) is 23.6 Å². The number of carbonyl (C=O) groups excluding carboxylic acids is 1. The van der Waals surface area contributed by atoms with Gasteiger partial charge in [-0.05, 0) is 44.9 Å². The zero-order chi connectivity index (χ0) is 25.3. The fraction of sp³-hybridized carbons (Fsp3) is 0.524. The van der Waals surface area contributed by atoms with Crippen LogP contribution in [0.25, 0.3) is 10.4 Å². The molecule has 6 nitrogen and oxygen atoms in total. The maximum absolute atomic E-state index is 13.9. The number of alkyl halides is 5. The Kier molecular flexibility index (Phi) is 5.67. The normalized spacial score (nSPS) is 23.9. The summed E-state index contributed by atoms with van der Waals surface area (Å²) in [5.41, 5.74) is 3.05. The second kappa shape index (κ2) is 7.80. The third-order valence-corrected chi connectivity index (χ3v) is 8.01. The largest absolute Gasteiger partial charge is 0.399 e. The van der Waals surface area contributed by atoms with Crippen molar-refractivity contribution in [1.82, 2.24) is 14.9 Å². The fourth-order valence-corrected chi connectivity index (χ4v) is 5.33. The molecular formula is C21H22F5N5OS2. The minimum absolute atomic E-state index is 0.000314. The highest BCUT2D eigenvalue weighted by atomic mass is 32.1. The molecule has 184 valence electrons. The number of thiazole rings is 1. The highest BCUT2D eigenvalue weighted by Gasteiger charge is 2.75. The number of aryl methyl sites for hydroxylation is 1. The minimum Gasteiger partial charge on any atom is -0.392 e. The number of hydrogen-bond donors (Lipinski definition) is 2. The van der Waals surface area contributed by atoms with Crippen LogP contribution in [0.4, 0.5) is 31.9 Å². The second-order valence-corrected chi connectivity index (χ2v) is 10.8. The van der Waals surface area contributed by atoms with Crippen LogP contribution in [0.15, 0.2) is 18.3 Å². The van der Waals surface area contributed by atoms with Gasteiger partial charge in [0.1, 0.15) is 5.41 Å². The van der Waals surface area contributed by atoms with Gasteiger partial charge in [-0.25, -0.2) is 18.6 Å². The summed E-state index contributed by atoms with van der Waals surface area (Å²) in [6.07, 6.45) is -3.52. The number of rotatable bonds is 4. The van der Waals surface area contributed by atoms with Crippen LogP contribution in [0.3, 0.4) is 0 Å². The predicted molar refractivity (Wildman–Crippen MR) is 122 cm³/mol. The average molecular weight is 520 g/mol. The fourth-order valence-electron chi connectivity index (χ4n) is 4.16. The molecule has 1 unspecified atom stereocenters. The number of anilines is 1. The lowest BCUT2D eigenvalue weighted by atomic mass is 9.87. The third-order valence-electron chi connectivity index (χ3n) is 6.62. The molecule has 3 heterocycles. The van der Waals surface area contributed by atoms with Crippen molar-refractivity contribution in [2.24, 2.45) is 11.1 Å². The van der Waals surface area contributed by atoms with Crippen molar-refractivity contribution in [1.29, 1.82) is 0 Å². The number of halogens is 5. The smallest absolute Gasteiger partial charge is 0.392 e. The lowest BCUT2D eigenvalue weighted by Crippen LogP contribution is -2.44. The zero-order valence-corrected chi connectivity index (χ0v) is 20.1. The van der Waals surface area contributed by atoms with Crippen molar-refractivity contribution < 1.29 is 26.7 Å². The van der Waals surface area contributed by atoms with Gasteiger partial charge in [-0.15, -0.1) is 0 Å². The van der Waals surface area contributed by atoms with E-state index in [0.717, 1.165) is 25.2 Å². The first kappa shape index (κ1) is 24.7. The number of nitrogens with two attached hydrogens (primary N) is 1. The Labute approximate surface area is 201 Å². The molecule has 1 saturated carbocycles. The van der Waals surface area contributed by atoms with Gasteiger partial charge >= 0.3 is 12.2 Å². The molecule has 1 spiro atoms. The Hall–Kier alpha value is -2.41. The van der Waals surface area contributed by atoms with E-state index >= 15 is 0 Å². The Balaban J connectivity index is 1.56. The molecule has 2 aromatic heterocycles. The lowest BCUT2D eigenvalue weighted by molar-refractivity contribution is -0.181. The molecule has 2 aromatic rings. The summed E-state index contributed by atoms with van der Waals surface area (Å²) >= 11 is 6.05. The quantitative estimate of drug-likeness (QED) is 0.425. The SMILES string of the molecule is Cc1nc(NC(=O)N2C[C@]3(CC2C(N)=S)CC3(F)F)sc1-c1ccnc(C(C)(C)C(F)(F)F)c1. The molecule has 1 aliphatic heterocycles. The number of amides is 2. The number of pyridine rings is 1. The molecule has 0 radical (unpaired) electrons. The minimum atomic E-state index is -4.49. The monoisotopic (exact) mass is 519 g/mol. The summed E-state index contributed by atoms with van der Waals surface area (Å²) in [7, 11) is 0. The van der Waals surface area contributed by atoms with Crippen molar-refractivity contribution in [2.75, 3.05) is 11.9 Å². The summed E-state index contributed by atoms with van der Waals surface area (Å²) in [6, 6.07) is 1.45. The van der Waals surface area contributed by atoms with Gasteiger partial charge in [0.15, 0.2) is 5.13 Å². The molecule has 34 heavy (non-hydrogen) atoms. The van der Waals surface area contributed by atoms with Crippen molar-refractivity contribution in [3.63, 3.8) is 0 Å². The molecule has 4 rings (SSSR count). The summed E-state index contributed by atoms with van der Waals surface area (Å²) in [5, 5.41) is 2.78. The summed E-state index contributed by atoms with van der Waals surface area (Å²) in [4.78, 5) is 22.8. The molecule has 2 amide bonds. The van der Waals surface area contributed by atoms with Gasteiger partial charge in [0.05, 0.1) is 32.7 Å². The summed E-state index contributed by atoms with van der Waals surface area (Å²) in [5.74, 6) is -2.86. The molecule has 1 aliphatic carbocycles. The van der Waals surface area contributed by atoms with E-state index in [-0.39, 0.29) is 35.2 Å². The van der Waals surface area contributed by atoms with E-state index in [9.17, 15) is 26.7 Å².